The van der Waals surface area contributed by atoms with E-state index in [2.05, 4.69) is 10.6 Å². The zero-order valence-corrected chi connectivity index (χ0v) is 11.9. The Morgan fingerprint density at radius 2 is 1.77 bits per heavy atom. The van der Waals surface area contributed by atoms with E-state index in [9.17, 15) is 19.5 Å². The molecule has 8 heteroatoms. The minimum absolute atomic E-state index is 0.0366. The van der Waals surface area contributed by atoms with Crippen molar-refractivity contribution in [3.8, 4) is 5.75 Å². The Morgan fingerprint density at radius 1 is 1.14 bits per heavy atom. The Hall–Kier alpha value is -2.61. The summed E-state index contributed by atoms with van der Waals surface area (Å²) in [6.45, 7) is -0.0758. The van der Waals surface area contributed by atoms with Crippen LogP contribution in [0.15, 0.2) is 24.3 Å². The molecule has 0 saturated heterocycles. The molecule has 0 heterocycles. The van der Waals surface area contributed by atoms with Crippen LogP contribution in [0.4, 0.5) is 0 Å². The van der Waals surface area contributed by atoms with Crippen LogP contribution in [0.1, 0.15) is 12.0 Å². The van der Waals surface area contributed by atoms with Crippen molar-refractivity contribution >= 4 is 17.8 Å². The van der Waals surface area contributed by atoms with Gasteiger partial charge in [0, 0.05) is 19.4 Å². The molecule has 0 aliphatic heterocycles. The SMILES string of the molecule is NCC(=O)NCCC(=O)N[C@@H](Cc1ccc(O)cc1)C(=O)O. The van der Waals surface area contributed by atoms with Gasteiger partial charge in [-0.05, 0) is 17.7 Å². The smallest absolute Gasteiger partial charge is 0.326 e. The molecule has 1 aromatic carbocycles. The van der Waals surface area contributed by atoms with Crippen molar-refractivity contribution in [2.45, 2.75) is 18.9 Å². The fourth-order valence-corrected chi connectivity index (χ4v) is 1.72. The quantitative estimate of drug-likeness (QED) is 0.415. The van der Waals surface area contributed by atoms with Crippen LogP contribution in [-0.4, -0.2) is 47.1 Å². The van der Waals surface area contributed by atoms with E-state index in [1.165, 1.54) is 12.1 Å². The van der Waals surface area contributed by atoms with Crippen LogP contribution in [0.2, 0.25) is 0 Å². The third-order valence-electron chi connectivity index (χ3n) is 2.87. The maximum atomic E-state index is 11.7. The van der Waals surface area contributed by atoms with Gasteiger partial charge in [0.25, 0.3) is 0 Å². The molecule has 0 aliphatic carbocycles. The normalized spacial score (nSPS) is 11.5. The van der Waals surface area contributed by atoms with Crippen molar-refractivity contribution < 1.29 is 24.6 Å². The molecular formula is C14H19N3O5. The van der Waals surface area contributed by atoms with Gasteiger partial charge >= 0.3 is 5.97 Å². The summed E-state index contributed by atoms with van der Waals surface area (Å²) >= 11 is 0. The van der Waals surface area contributed by atoms with Crippen LogP contribution in [-0.2, 0) is 20.8 Å². The van der Waals surface area contributed by atoms with Crippen LogP contribution in [0.25, 0.3) is 0 Å². The van der Waals surface area contributed by atoms with Gasteiger partial charge in [0.15, 0.2) is 0 Å². The van der Waals surface area contributed by atoms with Gasteiger partial charge in [0.1, 0.15) is 11.8 Å². The molecule has 0 radical (unpaired) electrons. The zero-order valence-electron chi connectivity index (χ0n) is 11.9. The first-order valence-electron chi connectivity index (χ1n) is 6.69. The molecule has 0 spiro atoms. The summed E-state index contributed by atoms with van der Waals surface area (Å²) in [5, 5.41) is 23.1. The van der Waals surface area contributed by atoms with Crippen LogP contribution in [0, 0.1) is 0 Å². The van der Waals surface area contributed by atoms with E-state index in [0.717, 1.165) is 0 Å². The number of benzene rings is 1. The fourth-order valence-electron chi connectivity index (χ4n) is 1.72. The van der Waals surface area contributed by atoms with Crippen molar-refractivity contribution in [1.29, 1.82) is 0 Å². The highest BCUT2D eigenvalue weighted by Gasteiger charge is 2.20. The lowest BCUT2D eigenvalue weighted by Crippen LogP contribution is -2.43. The topological polar surface area (TPSA) is 142 Å². The van der Waals surface area contributed by atoms with Gasteiger partial charge in [-0.25, -0.2) is 4.79 Å². The second kappa shape index (κ2) is 8.63. The summed E-state index contributed by atoms with van der Waals surface area (Å²) in [6, 6.07) is 4.97. The maximum Gasteiger partial charge on any atom is 0.326 e. The lowest BCUT2D eigenvalue weighted by Gasteiger charge is -2.15. The average Bonchev–Trinajstić information content (AvgIpc) is 2.48. The molecule has 0 saturated carbocycles. The monoisotopic (exact) mass is 309 g/mol. The number of amides is 2. The molecule has 8 nitrogen and oxygen atoms in total. The fraction of sp³-hybridized carbons (Fsp3) is 0.357. The summed E-state index contributed by atoms with van der Waals surface area (Å²) in [5.74, 6) is -1.95. The number of carboxylic acids is 1. The Bertz CT molecular complexity index is 530. The maximum absolute atomic E-state index is 11.7. The van der Waals surface area contributed by atoms with E-state index >= 15 is 0 Å². The number of nitrogens with one attached hydrogen (secondary N) is 2. The standard InChI is InChI=1S/C14H19N3O5/c15-8-13(20)16-6-5-12(19)17-11(14(21)22)7-9-1-3-10(18)4-2-9/h1-4,11,18H,5-8,15H2,(H,16,20)(H,17,19)(H,21,22)/t11-/m0/s1. The van der Waals surface area contributed by atoms with Gasteiger partial charge in [-0.2, -0.15) is 0 Å². The largest absolute Gasteiger partial charge is 0.508 e. The first-order chi connectivity index (χ1) is 10.4. The molecule has 1 aromatic rings. The Kier molecular flexibility index (Phi) is 6.84. The number of aliphatic carboxylic acids is 1. The van der Waals surface area contributed by atoms with Crippen molar-refractivity contribution in [2.75, 3.05) is 13.1 Å². The van der Waals surface area contributed by atoms with Gasteiger partial charge in [-0.1, -0.05) is 12.1 Å². The van der Waals surface area contributed by atoms with Crippen LogP contribution in [0.5, 0.6) is 5.75 Å². The van der Waals surface area contributed by atoms with Gasteiger partial charge in [-0.15, -0.1) is 0 Å². The Morgan fingerprint density at radius 3 is 2.32 bits per heavy atom. The molecule has 6 N–H and O–H groups in total. The molecule has 0 aliphatic rings. The van der Waals surface area contributed by atoms with E-state index < -0.39 is 17.9 Å². The van der Waals surface area contributed by atoms with Crippen molar-refractivity contribution in [1.82, 2.24) is 10.6 Å². The van der Waals surface area contributed by atoms with E-state index in [1.807, 2.05) is 0 Å². The predicted molar refractivity (Wildman–Crippen MR) is 78.1 cm³/mol. The van der Waals surface area contributed by atoms with Crippen molar-refractivity contribution in [3.63, 3.8) is 0 Å². The number of hydrogen-bond acceptors (Lipinski definition) is 5. The molecule has 0 fully saturated rings. The highest BCUT2D eigenvalue weighted by Crippen LogP contribution is 2.11. The Balaban J connectivity index is 2.50. The number of phenols is 1. The first kappa shape index (κ1) is 17.4. The first-order valence-corrected chi connectivity index (χ1v) is 6.69. The molecule has 0 bridgehead atoms. The molecule has 2 amide bonds. The number of nitrogens with two attached hydrogens (primary N) is 1. The third-order valence-corrected chi connectivity index (χ3v) is 2.87. The predicted octanol–water partition coefficient (Wildman–Crippen LogP) is -1.03. The number of carbonyl (C=O) groups excluding carboxylic acids is 2. The van der Waals surface area contributed by atoms with E-state index in [1.54, 1.807) is 12.1 Å². The minimum atomic E-state index is -1.16. The second-order valence-corrected chi connectivity index (χ2v) is 4.63. The lowest BCUT2D eigenvalue weighted by molar-refractivity contribution is -0.141. The molecule has 22 heavy (non-hydrogen) atoms. The Labute approximate surface area is 127 Å². The van der Waals surface area contributed by atoms with Crippen LogP contribution in [0.3, 0.4) is 0 Å². The lowest BCUT2D eigenvalue weighted by atomic mass is 10.1. The van der Waals surface area contributed by atoms with Gasteiger partial charge in [-0.3, -0.25) is 9.59 Å². The van der Waals surface area contributed by atoms with Crippen LogP contribution >= 0.6 is 0 Å². The van der Waals surface area contributed by atoms with E-state index in [0.29, 0.717) is 5.56 Å². The summed E-state index contributed by atoms with van der Waals surface area (Å²) < 4.78 is 0. The number of carbonyl (C=O) groups is 3. The summed E-state index contributed by atoms with van der Waals surface area (Å²) in [4.78, 5) is 33.8. The summed E-state index contributed by atoms with van der Waals surface area (Å²) in [6.07, 6.45) is 0.0572. The second-order valence-electron chi connectivity index (χ2n) is 4.63. The third kappa shape index (κ3) is 6.23. The number of rotatable bonds is 8. The van der Waals surface area contributed by atoms with E-state index in [4.69, 9.17) is 10.8 Å². The summed E-state index contributed by atoms with van der Waals surface area (Å²) in [7, 11) is 0. The molecule has 1 rings (SSSR count). The number of aromatic hydroxyl groups is 1. The van der Waals surface area contributed by atoms with Crippen LogP contribution < -0.4 is 16.4 Å². The van der Waals surface area contributed by atoms with Crippen molar-refractivity contribution in [2.24, 2.45) is 5.73 Å². The number of carboxylic acid groups (broad SMARTS) is 1. The molecular weight excluding hydrogens is 290 g/mol. The van der Waals surface area contributed by atoms with Gasteiger partial charge in [0.05, 0.1) is 6.54 Å². The molecule has 1 atom stereocenters. The average molecular weight is 309 g/mol. The van der Waals surface area contributed by atoms with Gasteiger partial charge in [0.2, 0.25) is 11.8 Å². The minimum Gasteiger partial charge on any atom is -0.508 e. The number of hydrogen-bond donors (Lipinski definition) is 5. The highest BCUT2D eigenvalue weighted by molar-refractivity contribution is 5.84. The van der Waals surface area contributed by atoms with Crippen molar-refractivity contribution in [3.05, 3.63) is 29.8 Å². The zero-order chi connectivity index (χ0) is 16.5. The van der Waals surface area contributed by atoms with E-state index in [-0.39, 0.29) is 37.6 Å². The summed E-state index contributed by atoms with van der Waals surface area (Å²) in [5.41, 5.74) is 5.77. The van der Waals surface area contributed by atoms with Gasteiger partial charge < -0.3 is 26.6 Å². The number of phenolic OH excluding ortho intramolecular Hbond substituents is 1. The molecule has 120 valence electrons. The molecule has 0 unspecified atom stereocenters. The molecule has 0 aromatic heterocycles. The highest BCUT2D eigenvalue weighted by atomic mass is 16.4.